The Morgan fingerprint density at radius 1 is 1.48 bits per heavy atom. The molecule has 0 amide bonds. The molecule has 2 heterocycles. The third-order valence-corrected chi connectivity index (χ3v) is 5.35. The first kappa shape index (κ1) is 15.1. The molecule has 2 aliphatic rings. The average molecular weight is 311 g/mol. The lowest BCUT2D eigenvalue weighted by Crippen LogP contribution is -2.43. The normalized spacial score (nSPS) is 29.0. The van der Waals surface area contributed by atoms with Gasteiger partial charge in [0.05, 0.1) is 12.2 Å². The summed E-state index contributed by atoms with van der Waals surface area (Å²) in [4.78, 5) is 0. The summed E-state index contributed by atoms with van der Waals surface area (Å²) in [6.45, 7) is 1.38. The van der Waals surface area contributed by atoms with Gasteiger partial charge < -0.3 is 14.8 Å². The first-order valence-corrected chi connectivity index (χ1v) is 8.67. The van der Waals surface area contributed by atoms with E-state index < -0.39 is 0 Å². The fraction of sp³-hybridized carbons (Fsp3) is 0.625. The Morgan fingerprint density at radius 3 is 3.14 bits per heavy atom. The van der Waals surface area contributed by atoms with Crippen molar-refractivity contribution in [2.75, 3.05) is 25.2 Å². The van der Waals surface area contributed by atoms with E-state index in [4.69, 9.17) is 9.47 Å². The van der Waals surface area contributed by atoms with E-state index >= 15 is 0 Å². The summed E-state index contributed by atoms with van der Waals surface area (Å²) in [7, 11) is 1.85. The second-order valence-corrected chi connectivity index (χ2v) is 7.00. The van der Waals surface area contributed by atoms with Crippen LogP contribution in [0, 0.1) is 5.82 Å². The Hall–Kier alpha value is -0.780. The Morgan fingerprint density at radius 2 is 2.38 bits per heavy atom. The second kappa shape index (κ2) is 6.55. The maximum atomic E-state index is 13.7. The Balaban J connectivity index is 1.68. The number of benzene rings is 1. The summed E-state index contributed by atoms with van der Waals surface area (Å²) in [5, 5.41) is 3.04. The summed E-state index contributed by atoms with van der Waals surface area (Å²) in [6, 6.07) is 4.94. The zero-order valence-corrected chi connectivity index (χ0v) is 13.2. The maximum Gasteiger partial charge on any atom is 0.127 e. The minimum absolute atomic E-state index is 0.00525. The van der Waals surface area contributed by atoms with Crippen LogP contribution < -0.4 is 10.1 Å². The largest absolute Gasteiger partial charge is 0.490 e. The summed E-state index contributed by atoms with van der Waals surface area (Å²) < 4.78 is 25.7. The molecule has 1 spiro atoms. The van der Waals surface area contributed by atoms with Crippen molar-refractivity contribution in [3.8, 4) is 5.75 Å². The number of hydrogen-bond donors (Lipinski definition) is 1. The Labute approximate surface area is 129 Å². The third kappa shape index (κ3) is 3.71. The van der Waals surface area contributed by atoms with Crippen LogP contribution in [0.5, 0.6) is 5.75 Å². The van der Waals surface area contributed by atoms with Gasteiger partial charge in [-0.1, -0.05) is 0 Å². The van der Waals surface area contributed by atoms with E-state index in [2.05, 4.69) is 5.32 Å². The summed E-state index contributed by atoms with van der Waals surface area (Å²) >= 11 is 1.95. The number of ether oxygens (including phenoxy) is 2. The highest BCUT2D eigenvalue weighted by molar-refractivity contribution is 7.99. The molecule has 2 aliphatic heterocycles. The van der Waals surface area contributed by atoms with E-state index in [1.807, 2.05) is 24.9 Å². The Kier molecular flexibility index (Phi) is 4.72. The molecule has 2 unspecified atom stereocenters. The van der Waals surface area contributed by atoms with Crippen molar-refractivity contribution in [3.05, 3.63) is 29.6 Å². The first-order valence-electron chi connectivity index (χ1n) is 7.52. The predicted molar refractivity (Wildman–Crippen MR) is 83.4 cm³/mol. The van der Waals surface area contributed by atoms with E-state index in [1.165, 1.54) is 11.8 Å². The van der Waals surface area contributed by atoms with Crippen molar-refractivity contribution >= 4 is 11.8 Å². The van der Waals surface area contributed by atoms with E-state index in [9.17, 15) is 4.39 Å². The first-order chi connectivity index (χ1) is 10.2. The molecule has 3 rings (SSSR count). The van der Waals surface area contributed by atoms with Crippen LogP contribution in [-0.4, -0.2) is 36.9 Å². The molecule has 2 fully saturated rings. The zero-order chi connectivity index (χ0) is 14.7. The van der Waals surface area contributed by atoms with Crippen molar-refractivity contribution in [1.82, 2.24) is 5.32 Å². The van der Waals surface area contributed by atoms with Gasteiger partial charge in [-0.15, -0.1) is 0 Å². The van der Waals surface area contributed by atoms with Crippen LogP contribution in [0.15, 0.2) is 18.2 Å². The summed E-state index contributed by atoms with van der Waals surface area (Å²) in [5.74, 6) is 2.61. The van der Waals surface area contributed by atoms with E-state index in [0.29, 0.717) is 12.3 Å². The molecule has 2 atom stereocenters. The van der Waals surface area contributed by atoms with Gasteiger partial charge in [0.1, 0.15) is 17.7 Å². The van der Waals surface area contributed by atoms with Gasteiger partial charge in [-0.05, 0) is 36.9 Å². The van der Waals surface area contributed by atoms with Crippen LogP contribution >= 0.6 is 11.8 Å². The number of rotatable bonds is 4. The lowest BCUT2D eigenvalue weighted by atomic mass is 9.91. The maximum absolute atomic E-state index is 13.7. The monoisotopic (exact) mass is 311 g/mol. The van der Waals surface area contributed by atoms with Crippen molar-refractivity contribution in [2.24, 2.45) is 0 Å². The van der Waals surface area contributed by atoms with Crippen LogP contribution in [0.2, 0.25) is 0 Å². The van der Waals surface area contributed by atoms with Gasteiger partial charge in [0.25, 0.3) is 0 Å². The molecule has 21 heavy (non-hydrogen) atoms. The fourth-order valence-electron chi connectivity index (χ4n) is 3.13. The Bertz CT molecular complexity index is 491. The predicted octanol–water partition coefficient (Wildman–Crippen LogP) is 2.98. The number of halogens is 1. The molecular weight excluding hydrogens is 289 g/mol. The van der Waals surface area contributed by atoms with E-state index in [1.54, 1.807) is 6.07 Å². The van der Waals surface area contributed by atoms with Crippen molar-refractivity contribution in [3.63, 3.8) is 0 Å². The van der Waals surface area contributed by atoms with Gasteiger partial charge >= 0.3 is 0 Å². The quantitative estimate of drug-likeness (QED) is 0.926. The standard InChI is InChI=1S/C16H22FNO2S/c1-18-10-12-6-13(17)8-15(7-12)20-14-2-4-19-16(9-14)3-5-21-11-16/h6-8,14,18H,2-5,9-11H2,1H3. The van der Waals surface area contributed by atoms with Crippen molar-refractivity contribution in [2.45, 2.75) is 37.5 Å². The molecule has 1 aromatic carbocycles. The number of nitrogens with one attached hydrogen (secondary N) is 1. The van der Waals surface area contributed by atoms with Gasteiger partial charge in [-0.25, -0.2) is 4.39 Å². The molecule has 0 saturated carbocycles. The molecule has 0 aromatic heterocycles. The molecule has 1 N–H and O–H groups in total. The van der Waals surface area contributed by atoms with Crippen LogP contribution in [0.4, 0.5) is 4.39 Å². The van der Waals surface area contributed by atoms with Crippen LogP contribution in [-0.2, 0) is 11.3 Å². The fourth-order valence-corrected chi connectivity index (χ4v) is 4.51. The smallest absolute Gasteiger partial charge is 0.127 e. The van der Waals surface area contributed by atoms with Gasteiger partial charge in [0, 0.05) is 31.2 Å². The molecule has 2 saturated heterocycles. The van der Waals surface area contributed by atoms with Crippen LogP contribution in [0.1, 0.15) is 24.8 Å². The summed E-state index contributed by atoms with van der Waals surface area (Å²) in [5.41, 5.74) is 0.903. The average Bonchev–Trinajstić information content (AvgIpc) is 2.86. The number of thioether (sulfide) groups is 1. The van der Waals surface area contributed by atoms with E-state index in [-0.39, 0.29) is 17.5 Å². The molecule has 1 aromatic rings. The van der Waals surface area contributed by atoms with Crippen LogP contribution in [0.3, 0.4) is 0 Å². The lowest BCUT2D eigenvalue weighted by Gasteiger charge is -2.37. The highest BCUT2D eigenvalue weighted by Crippen LogP contribution is 2.39. The molecule has 0 radical (unpaired) electrons. The van der Waals surface area contributed by atoms with Crippen molar-refractivity contribution < 1.29 is 13.9 Å². The topological polar surface area (TPSA) is 30.5 Å². The lowest BCUT2D eigenvalue weighted by molar-refractivity contribution is -0.0959. The van der Waals surface area contributed by atoms with Gasteiger partial charge in [0.15, 0.2) is 0 Å². The molecule has 5 heteroatoms. The van der Waals surface area contributed by atoms with Gasteiger partial charge in [-0.3, -0.25) is 0 Å². The zero-order valence-electron chi connectivity index (χ0n) is 12.4. The third-order valence-electron chi connectivity index (χ3n) is 4.13. The molecule has 3 nitrogen and oxygen atoms in total. The minimum Gasteiger partial charge on any atom is -0.490 e. The second-order valence-electron chi connectivity index (χ2n) is 5.89. The van der Waals surface area contributed by atoms with Gasteiger partial charge in [0.2, 0.25) is 0 Å². The van der Waals surface area contributed by atoms with E-state index in [0.717, 1.165) is 37.2 Å². The number of hydrogen-bond acceptors (Lipinski definition) is 4. The highest BCUT2D eigenvalue weighted by atomic mass is 32.2. The molecule has 116 valence electrons. The van der Waals surface area contributed by atoms with Gasteiger partial charge in [-0.2, -0.15) is 11.8 Å². The minimum atomic E-state index is -0.240. The molecular formula is C16H22FNO2S. The molecule has 0 aliphatic carbocycles. The van der Waals surface area contributed by atoms with Crippen LogP contribution in [0.25, 0.3) is 0 Å². The SMILES string of the molecule is CNCc1cc(F)cc(OC2CCOC3(CCSC3)C2)c1. The van der Waals surface area contributed by atoms with Crippen molar-refractivity contribution in [1.29, 1.82) is 0 Å². The molecule has 0 bridgehead atoms. The summed E-state index contributed by atoms with van der Waals surface area (Å²) in [6.07, 6.45) is 3.02. The highest BCUT2D eigenvalue weighted by Gasteiger charge is 2.41.